The third-order valence-electron chi connectivity index (χ3n) is 6.63. The molecule has 5 nitrogen and oxygen atoms in total. The monoisotopic (exact) mass is 410 g/mol. The molecule has 30 heavy (non-hydrogen) atoms. The summed E-state index contributed by atoms with van der Waals surface area (Å²) in [7, 11) is 1.61. The second-order valence-electron chi connectivity index (χ2n) is 8.05. The molecule has 2 aromatic carbocycles. The topological polar surface area (TPSA) is 65.6 Å². The molecular formula is C24H27FN2O3. The maximum atomic E-state index is 14.4. The minimum absolute atomic E-state index is 0.223. The summed E-state index contributed by atoms with van der Waals surface area (Å²) < 4.78 is 19.7. The fourth-order valence-corrected chi connectivity index (χ4v) is 4.94. The SMILES string of the molecule is CCC1(CC)CN(Cc2ccccc2F)C(C(=O)O)c2[nH]c3cc(OC)ccc3c21. The van der Waals surface area contributed by atoms with Gasteiger partial charge in [-0.15, -0.1) is 0 Å². The van der Waals surface area contributed by atoms with Gasteiger partial charge in [-0.3, -0.25) is 9.69 Å². The zero-order chi connectivity index (χ0) is 21.5. The quantitative estimate of drug-likeness (QED) is 0.599. The predicted molar refractivity (Wildman–Crippen MR) is 114 cm³/mol. The van der Waals surface area contributed by atoms with E-state index in [1.54, 1.807) is 25.3 Å². The molecule has 0 spiro atoms. The number of methoxy groups -OCH3 is 1. The first-order valence-corrected chi connectivity index (χ1v) is 10.3. The summed E-state index contributed by atoms with van der Waals surface area (Å²) in [6.45, 7) is 5.07. The number of nitrogens with zero attached hydrogens (tertiary/aromatic N) is 1. The van der Waals surface area contributed by atoms with E-state index in [2.05, 4.69) is 18.8 Å². The largest absolute Gasteiger partial charge is 0.497 e. The molecule has 1 aliphatic heterocycles. The fraction of sp³-hybridized carbons (Fsp3) is 0.375. The Balaban J connectivity index is 1.91. The zero-order valence-electron chi connectivity index (χ0n) is 17.5. The van der Waals surface area contributed by atoms with Crippen molar-refractivity contribution in [2.45, 2.75) is 44.7 Å². The van der Waals surface area contributed by atoms with Crippen molar-refractivity contribution >= 4 is 16.9 Å². The number of aromatic amines is 1. The Morgan fingerprint density at radius 2 is 2.00 bits per heavy atom. The first-order chi connectivity index (χ1) is 14.4. The summed E-state index contributed by atoms with van der Waals surface area (Å²) in [5.41, 5.74) is 2.91. The van der Waals surface area contributed by atoms with Crippen molar-refractivity contribution in [1.29, 1.82) is 0 Å². The molecule has 0 radical (unpaired) electrons. The van der Waals surface area contributed by atoms with Crippen molar-refractivity contribution in [3.05, 3.63) is 65.1 Å². The van der Waals surface area contributed by atoms with Gasteiger partial charge < -0.3 is 14.8 Å². The molecule has 0 fully saturated rings. The fourth-order valence-electron chi connectivity index (χ4n) is 4.94. The number of ether oxygens (including phenoxy) is 1. The number of aliphatic carboxylic acids is 1. The van der Waals surface area contributed by atoms with Gasteiger partial charge in [-0.25, -0.2) is 4.39 Å². The lowest BCUT2D eigenvalue weighted by Crippen LogP contribution is -2.49. The van der Waals surface area contributed by atoms with Gasteiger partial charge in [0.2, 0.25) is 0 Å². The summed E-state index contributed by atoms with van der Waals surface area (Å²) in [6.07, 6.45) is 1.71. The number of carboxylic acid groups (broad SMARTS) is 1. The zero-order valence-corrected chi connectivity index (χ0v) is 17.5. The lowest BCUT2D eigenvalue weighted by Gasteiger charge is -2.45. The van der Waals surface area contributed by atoms with Gasteiger partial charge in [0.25, 0.3) is 0 Å². The van der Waals surface area contributed by atoms with E-state index in [0.717, 1.165) is 35.1 Å². The Bertz CT molecular complexity index is 1090. The van der Waals surface area contributed by atoms with Crippen LogP contribution in [-0.4, -0.2) is 34.6 Å². The molecule has 0 amide bonds. The molecule has 1 atom stereocenters. The number of benzene rings is 2. The maximum absolute atomic E-state index is 14.4. The number of fused-ring (bicyclic) bond motifs is 3. The van der Waals surface area contributed by atoms with E-state index in [-0.39, 0.29) is 17.8 Å². The van der Waals surface area contributed by atoms with Crippen molar-refractivity contribution in [3.8, 4) is 5.75 Å². The predicted octanol–water partition coefficient (Wildman–Crippen LogP) is 5.01. The molecule has 0 saturated carbocycles. The van der Waals surface area contributed by atoms with Crippen LogP contribution in [0.25, 0.3) is 10.9 Å². The smallest absolute Gasteiger partial charge is 0.327 e. The van der Waals surface area contributed by atoms with Crippen LogP contribution in [0.3, 0.4) is 0 Å². The van der Waals surface area contributed by atoms with Crippen LogP contribution in [0.15, 0.2) is 42.5 Å². The summed E-state index contributed by atoms with van der Waals surface area (Å²) in [6, 6.07) is 11.5. The van der Waals surface area contributed by atoms with Gasteiger partial charge >= 0.3 is 5.97 Å². The van der Waals surface area contributed by atoms with Gasteiger partial charge in [-0.05, 0) is 36.6 Å². The van der Waals surface area contributed by atoms with Gasteiger partial charge in [0.05, 0.1) is 7.11 Å². The Morgan fingerprint density at radius 3 is 2.63 bits per heavy atom. The lowest BCUT2D eigenvalue weighted by atomic mass is 9.70. The number of nitrogens with one attached hydrogen (secondary N) is 1. The Morgan fingerprint density at radius 1 is 1.27 bits per heavy atom. The normalized spacial score (nSPS) is 18.3. The molecule has 1 aromatic heterocycles. The number of H-pyrrole nitrogens is 1. The van der Waals surface area contributed by atoms with Crippen molar-refractivity contribution in [2.75, 3.05) is 13.7 Å². The molecular weight excluding hydrogens is 383 g/mol. The minimum Gasteiger partial charge on any atom is -0.497 e. The van der Waals surface area contributed by atoms with Crippen LogP contribution in [0.2, 0.25) is 0 Å². The molecule has 3 aromatic rings. The van der Waals surface area contributed by atoms with Gasteiger partial charge in [0.15, 0.2) is 0 Å². The average Bonchev–Trinajstić information content (AvgIpc) is 3.13. The van der Waals surface area contributed by atoms with Crippen LogP contribution in [0.4, 0.5) is 4.39 Å². The van der Waals surface area contributed by atoms with Crippen molar-refractivity contribution in [2.24, 2.45) is 0 Å². The second-order valence-corrected chi connectivity index (χ2v) is 8.05. The van der Waals surface area contributed by atoms with Gasteiger partial charge in [-0.1, -0.05) is 32.0 Å². The lowest BCUT2D eigenvalue weighted by molar-refractivity contribution is -0.145. The third kappa shape index (κ3) is 3.16. The van der Waals surface area contributed by atoms with E-state index in [4.69, 9.17) is 4.74 Å². The highest BCUT2D eigenvalue weighted by Gasteiger charge is 2.46. The molecule has 0 aliphatic carbocycles. The molecule has 158 valence electrons. The third-order valence-corrected chi connectivity index (χ3v) is 6.63. The molecule has 1 unspecified atom stereocenters. The van der Waals surface area contributed by atoms with Crippen molar-refractivity contribution < 1.29 is 19.0 Å². The van der Waals surface area contributed by atoms with Crippen LogP contribution >= 0.6 is 0 Å². The van der Waals surface area contributed by atoms with Crippen LogP contribution < -0.4 is 4.74 Å². The molecule has 2 N–H and O–H groups in total. The molecule has 4 rings (SSSR count). The summed E-state index contributed by atoms with van der Waals surface area (Å²) in [5.74, 6) is -0.533. The highest BCUT2D eigenvalue weighted by molar-refractivity contribution is 5.90. The van der Waals surface area contributed by atoms with Gasteiger partial charge in [0, 0.05) is 46.7 Å². The second kappa shape index (κ2) is 7.76. The molecule has 0 bridgehead atoms. The highest BCUT2D eigenvalue weighted by Crippen LogP contribution is 2.48. The van der Waals surface area contributed by atoms with Crippen LogP contribution in [-0.2, 0) is 16.8 Å². The molecule has 1 aliphatic rings. The van der Waals surface area contributed by atoms with E-state index in [1.807, 2.05) is 23.1 Å². The average molecular weight is 410 g/mol. The Kier molecular flexibility index (Phi) is 5.28. The summed E-state index contributed by atoms with van der Waals surface area (Å²) in [5, 5.41) is 11.2. The number of hydrogen-bond donors (Lipinski definition) is 2. The van der Waals surface area contributed by atoms with Crippen LogP contribution in [0.5, 0.6) is 5.75 Å². The molecule has 6 heteroatoms. The van der Waals surface area contributed by atoms with Crippen LogP contribution in [0, 0.1) is 5.82 Å². The highest BCUT2D eigenvalue weighted by atomic mass is 19.1. The van der Waals surface area contributed by atoms with E-state index in [1.165, 1.54) is 6.07 Å². The van der Waals surface area contributed by atoms with Crippen LogP contribution in [0.1, 0.15) is 49.6 Å². The minimum atomic E-state index is -0.938. The summed E-state index contributed by atoms with van der Waals surface area (Å²) >= 11 is 0. The van der Waals surface area contributed by atoms with E-state index in [0.29, 0.717) is 17.8 Å². The van der Waals surface area contributed by atoms with E-state index >= 15 is 0 Å². The molecule has 2 heterocycles. The number of rotatable bonds is 6. The standard InChI is InChI=1S/C24H27FN2O3/c1-4-24(5-2)14-27(13-15-8-6-7-9-18(15)25)22(23(28)29)21-20(24)17-11-10-16(30-3)12-19(17)26-21/h6-12,22,26H,4-5,13-14H2,1-3H3,(H,28,29). The van der Waals surface area contributed by atoms with Gasteiger partial charge in [-0.2, -0.15) is 0 Å². The number of aromatic nitrogens is 1. The Hall–Kier alpha value is -2.86. The number of hydrogen-bond acceptors (Lipinski definition) is 3. The number of halogens is 1. The Labute approximate surface area is 175 Å². The van der Waals surface area contributed by atoms with Crippen molar-refractivity contribution in [3.63, 3.8) is 0 Å². The first kappa shape index (κ1) is 20.4. The maximum Gasteiger partial charge on any atom is 0.327 e. The van der Waals surface area contributed by atoms with Crippen molar-refractivity contribution in [1.82, 2.24) is 9.88 Å². The first-order valence-electron chi connectivity index (χ1n) is 10.3. The number of carboxylic acids is 1. The van der Waals surface area contributed by atoms with E-state index in [9.17, 15) is 14.3 Å². The van der Waals surface area contributed by atoms with Gasteiger partial charge in [0.1, 0.15) is 17.6 Å². The summed E-state index contributed by atoms with van der Waals surface area (Å²) in [4.78, 5) is 17.7. The molecule has 0 saturated heterocycles. The van der Waals surface area contributed by atoms with E-state index < -0.39 is 12.0 Å². The number of carbonyl (C=O) groups is 1.